The van der Waals surface area contributed by atoms with Gasteiger partial charge in [0, 0.05) is 11.1 Å². The molecule has 112 valence electrons. The predicted molar refractivity (Wildman–Crippen MR) is 82.0 cm³/mol. The maximum absolute atomic E-state index is 12.6. The first kappa shape index (κ1) is 15.3. The monoisotopic (exact) mass is 287 g/mol. The lowest BCUT2D eigenvalue weighted by Gasteiger charge is -2.24. The molecule has 21 heavy (non-hydrogen) atoms. The number of allylic oxidation sites excluding steroid dienone is 2. The summed E-state index contributed by atoms with van der Waals surface area (Å²) in [6, 6.07) is 6.23. The van der Waals surface area contributed by atoms with Crippen molar-refractivity contribution in [1.82, 2.24) is 0 Å². The van der Waals surface area contributed by atoms with Crippen LogP contribution in [-0.2, 0) is 9.59 Å². The molecule has 0 heterocycles. The van der Waals surface area contributed by atoms with E-state index in [9.17, 15) is 14.7 Å². The highest BCUT2D eigenvalue weighted by atomic mass is 16.3. The van der Waals surface area contributed by atoms with E-state index < -0.39 is 11.3 Å². The number of hydrogen-bond donors (Lipinski definition) is 2. The summed E-state index contributed by atoms with van der Waals surface area (Å²) in [6.07, 6.45) is 3.18. The highest BCUT2D eigenvalue weighted by molar-refractivity contribution is 6.09. The Morgan fingerprint density at radius 1 is 1.29 bits per heavy atom. The predicted octanol–water partition coefficient (Wildman–Crippen LogP) is 3.28. The highest BCUT2D eigenvalue weighted by Crippen LogP contribution is 2.33. The third kappa shape index (κ3) is 3.51. The Balaban J connectivity index is 2.18. The molecule has 0 spiro atoms. The van der Waals surface area contributed by atoms with Gasteiger partial charge in [-0.1, -0.05) is 25.5 Å². The van der Waals surface area contributed by atoms with Crippen LogP contribution in [0.3, 0.4) is 0 Å². The SMILES string of the molecule is CC1=CCC(C)(C)C(=O)[C@@H](C(=O)Nc2ccc(O)cc2)C1. The molecular formula is C17H21NO3. The second-order valence-corrected chi connectivity index (χ2v) is 6.30. The van der Waals surface area contributed by atoms with Crippen LogP contribution in [-0.4, -0.2) is 16.8 Å². The first-order chi connectivity index (χ1) is 9.79. The van der Waals surface area contributed by atoms with E-state index in [1.165, 1.54) is 12.1 Å². The minimum atomic E-state index is -0.660. The molecule has 1 amide bonds. The van der Waals surface area contributed by atoms with Crippen molar-refractivity contribution in [3.8, 4) is 5.75 Å². The quantitative estimate of drug-likeness (QED) is 0.498. The van der Waals surface area contributed by atoms with Crippen molar-refractivity contribution in [1.29, 1.82) is 0 Å². The summed E-state index contributed by atoms with van der Waals surface area (Å²) in [5, 5.41) is 12.0. The minimum absolute atomic E-state index is 0.0214. The number of amides is 1. The van der Waals surface area contributed by atoms with E-state index in [1.807, 2.05) is 26.8 Å². The largest absolute Gasteiger partial charge is 0.508 e. The van der Waals surface area contributed by atoms with E-state index in [4.69, 9.17) is 0 Å². The van der Waals surface area contributed by atoms with Gasteiger partial charge in [-0.3, -0.25) is 9.59 Å². The second kappa shape index (κ2) is 5.72. The Morgan fingerprint density at radius 2 is 1.90 bits per heavy atom. The van der Waals surface area contributed by atoms with E-state index in [-0.39, 0.29) is 17.4 Å². The second-order valence-electron chi connectivity index (χ2n) is 6.30. The zero-order valence-corrected chi connectivity index (χ0v) is 12.6. The molecule has 2 rings (SSSR count). The highest BCUT2D eigenvalue weighted by Gasteiger charge is 2.38. The van der Waals surface area contributed by atoms with Gasteiger partial charge in [-0.2, -0.15) is 0 Å². The van der Waals surface area contributed by atoms with Crippen molar-refractivity contribution in [3.63, 3.8) is 0 Å². The molecule has 1 aliphatic rings. The number of phenols is 1. The molecule has 1 atom stereocenters. The zero-order valence-electron chi connectivity index (χ0n) is 12.6. The number of carbonyl (C=O) groups is 2. The van der Waals surface area contributed by atoms with Crippen molar-refractivity contribution < 1.29 is 14.7 Å². The summed E-state index contributed by atoms with van der Waals surface area (Å²) in [7, 11) is 0. The van der Waals surface area contributed by atoms with Crippen LogP contribution in [0.5, 0.6) is 5.75 Å². The van der Waals surface area contributed by atoms with E-state index in [2.05, 4.69) is 5.32 Å². The third-order valence-corrected chi connectivity index (χ3v) is 3.92. The molecule has 0 unspecified atom stereocenters. The van der Waals surface area contributed by atoms with E-state index >= 15 is 0 Å². The molecular weight excluding hydrogens is 266 g/mol. The molecule has 0 saturated carbocycles. The lowest BCUT2D eigenvalue weighted by atomic mass is 9.79. The van der Waals surface area contributed by atoms with Gasteiger partial charge in [0.15, 0.2) is 5.78 Å². The van der Waals surface area contributed by atoms with Crippen molar-refractivity contribution >= 4 is 17.4 Å². The Kier molecular flexibility index (Phi) is 4.16. The smallest absolute Gasteiger partial charge is 0.235 e. The van der Waals surface area contributed by atoms with Gasteiger partial charge in [0.1, 0.15) is 11.7 Å². The van der Waals surface area contributed by atoms with Crippen LogP contribution in [0, 0.1) is 11.3 Å². The number of carbonyl (C=O) groups excluding carboxylic acids is 2. The van der Waals surface area contributed by atoms with Crippen molar-refractivity contribution in [2.24, 2.45) is 11.3 Å². The van der Waals surface area contributed by atoms with Gasteiger partial charge in [-0.25, -0.2) is 0 Å². The van der Waals surface area contributed by atoms with Crippen LogP contribution < -0.4 is 5.32 Å². The number of benzene rings is 1. The lowest BCUT2D eigenvalue weighted by Crippen LogP contribution is -2.37. The van der Waals surface area contributed by atoms with Gasteiger partial charge in [0.25, 0.3) is 0 Å². The van der Waals surface area contributed by atoms with Crippen LogP contribution in [0.25, 0.3) is 0 Å². The molecule has 0 saturated heterocycles. The number of Topliss-reactive ketones (excluding diaryl/α,β-unsaturated/α-hetero) is 1. The van der Waals surface area contributed by atoms with Crippen LogP contribution in [0.4, 0.5) is 5.69 Å². The van der Waals surface area contributed by atoms with Gasteiger partial charge in [-0.05, 0) is 44.0 Å². The fraction of sp³-hybridized carbons (Fsp3) is 0.412. The Morgan fingerprint density at radius 3 is 2.52 bits per heavy atom. The summed E-state index contributed by atoms with van der Waals surface area (Å²) < 4.78 is 0. The van der Waals surface area contributed by atoms with Gasteiger partial charge in [-0.15, -0.1) is 0 Å². The zero-order chi connectivity index (χ0) is 15.6. The summed E-state index contributed by atoms with van der Waals surface area (Å²) >= 11 is 0. The molecule has 0 bridgehead atoms. The summed E-state index contributed by atoms with van der Waals surface area (Å²) in [4.78, 5) is 25.0. The molecule has 4 heteroatoms. The Bertz CT molecular complexity index is 585. The number of phenolic OH excluding ortho intramolecular Hbond substituents is 1. The number of aromatic hydroxyl groups is 1. The molecule has 0 aliphatic heterocycles. The molecule has 1 aromatic rings. The van der Waals surface area contributed by atoms with Crippen LogP contribution >= 0.6 is 0 Å². The normalized spacial score (nSPS) is 21.4. The first-order valence-electron chi connectivity index (χ1n) is 7.09. The van der Waals surface area contributed by atoms with Gasteiger partial charge >= 0.3 is 0 Å². The molecule has 2 N–H and O–H groups in total. The van der Waals surface area contributed by atoms with Gasteiger partial charge in [0.05, 0.1) is 0 Å². The van der Waals surface area contributed by atoms with E-state index in [0.717, 1.165) is 5.57 Å². The van der Waals surface area contributed by atoms with E-state index in [1.54, 1.807) is 12.1 Å². The molecule has 1 aromatic carbocycles. The fourth-order valence-corrected chi connectivity index (χ4v) is 2.49. The molecule has 4 nitrogen and oxygen atoms in total. The van der Waals surface area contributed by atoms with Crippen LogP contribution in [0.1, 0.15) is 33.6 Å². The summed E-state index contributed by atoms with van der Waals surface area (Å²) in [5.74, 6) is -0.828. The van der Waals surface area contributed by atoms with Crippen molar-refractivity contribution in [2.75, 3.05) is 5.32 Å². The molecule has 0 radical (unpaired) electrons. The molecule has 1 aliphatic carbocycles. The van der Waals surface area contributed by atoms with Crippen molar-refractivity contribution in [2.45, 2.75) is 33.6 Å². The van der Waals surface area contributed by atoms with E-state index in [0.29, 0.717) is 18.5 Å². The number of anilines is 1. The average molecular weight is 287 g/mol. The van der Waals surface area contributed by atoms with Gasteiger partial charge < -0.3 is 10.4 Å². The molecule has 0 aromatic heterocycles. The maximum Gasteiger partial charge on any atom is 0.235 e. The summed E-state index contributed by atoms with van der Waals surface area (Å²) in [5.41, 5.74) is 1.13. The minimum Gasteiger partial charge on any atom is -0.508 e. The number of rotatable bonds is 2. The Hall–Kier alpha value is -2.10. The number of ketones is 1. The number of hydrogen-bond acceptors (Lipinski definition) is 3. The van der Waals surface area contributed by atoms with Gasteiger partial charge in [0.2, 0.25) is 5.91 Å². The molecule has 0 fully saturated rings. The number of nitrogens with one attached hydrogen (secondary N) is 1. The van der Waals surface area contributed by atoms with Crippen LogP contribution in [0.15, 0.2) is 35.9 Å². The third-order valence-electron chi connectivity index (χ3n) is 3.92. The topological polar surface area (TPSA) is 66.4 Å². The van der Waals surface area contributed by atoms with Crippen molar-refractivity contribution in [3.05, 3.63) is 35.9 Å². The maximum atomic E-state index is 12.6. The standard InChI is InChI=1S/C17H21NO3/c1-11-8-9-17(2,3)15(20)14(10-11)16(21)18-12-4-6-13(19)7-5-12/h4-8,14,19H,9-10H2,1-3H3,(H,18,21)/t14-/m0/s1. The Labute approximate surface area is 124 Å². The lowest BCUT2D eigenvalue weighted by molar-refractivity contribution is -0.136. The van der Waals surface area contributed by atoms with Crippen LogP contribution in [0.2, 0.25) is 0 Å². The average Bonchev–Trinajstić information content (AvgIpc) is 2.53. The fourth-order valence-electron chi connectivity index (χ4n) is 2.49. The summed E-state index contributed by atoms with van der Waals surface area (Å²) in [6.45, 7) is 5.71. The first-order valence-corrected chi connectivity index (χ1v) is 7.09.